The number of rotatable bonds is 9. The predicted molar refractivity (Wildman–Crippen MR) is 88.8 cm³/mol. The van der Waals surface area contributed by atoms with E-state index in [9.17, 15) is 4.79 Å². The van der Waals surface area contributed by atoms with Gasteiger partial charge in [-0.15, -0.1) is 0 Å². The van der Waals surface area contributed by atoms with Gasteiger partial charge < -0.3 is 10.7 Å². The minimum Gasteiger partial charge on any atom is -0.361 e. The summed E-state index contributed by atoms with van der Waals surface area (Å²) >= 11 is 0. The Morgan fingerprint density at radius 3 is 2.76 bits per heavy atom. The van der Waals surface area contributed by atoms with Crippen LogP contribution in [0.1, 0.15) is 61.4 Å². The van der Waals surface area contributed by atoms with Crippen LogP contribution in [0.4, 0.5) is 0 Å². The highest BCUT2D eigenvalue weighted by Gasteiger charge is 2.09. The van der Waals surface area contributed by atoms with Crippen molar-refractivity contribution in [2.75, 3.05) is 6.54 Å². The van der Waals surface area contributed by atoms with Gasteiger partial charge in [-0.05, 0) is 43.1 Å². The molecule has 0 fully saturated rings. The van der Waals surface area contributed by atoms with Gasteiger partial charge >= 0.3 is 0 Å². The Hall–Kier alpha value is -1.61. The molecule has 0 spiro atoms. The van der Waals surface area contributed by atoms with Crippen molar-refractivity contribution in [3.8, 4) is 0 Å². The molecule has 1 aromatic heterocycles. The lowest BCUT2D eigenvalue weighted by molar-refractivity contribution is 0.0979. The SMILES string of the molecule is CCCCCCCC(=O)c1ccc2[nH]cc(CCN)c2c1. The molecule has 1 aromatic carbocycles. The molecule has 3 nitrogen and oxygen atoms in total. The van der Waals surface area contributed by atoms with Gasteiger partial charge in [-0.25, -0.2) is 0 Å². The van der Waals surface area contributed by atoms with E-state index < -0.39 is 0 Å². The molecule has 3 N–H and O–H groups in total. The molecule has 0 saturated carbocycles. The van der Waals surface area contributed by atoms with Gasteiger partial charge in [0, 0.05) is 29.1 Å². The molecule has 114 valence electrons. The lowest BCUT2D eigenvalue weighted by atomic mass is 10.0. The van der Waals surface area contributed by atoms with Crippen LogP contribution in [0.5, 0.6) is 0 Å². The predicted octanol–water partition coefficient (Wildman–Crippen LogP) is 4.21. The Morgan fingerprint density at radius 2 is 2.00 bits per heavy atom. The fourth-order valence-electron chi connectivity index (χ4n) is 2.75. The third-order valence-electron chi connectivity index (χ3n) is 4.01. The van der Waals surface area contributed by atoms with E-state index in [1.54, 1.807) is 0 Å². The van der Waals surface area contributed by atoms with E-state index in [-0.39, 0.29) is 5.78 Å². The highest BCUT2D eigenvalue weighted by atomic mass is 16.1. The number of hydrogen-bond acceptors (Lipinski definition) is 2. The van der Waals surface area contributed by atoms with E-state index in [1.165, 1.54) is 24.8 Å². The lowest BCUT2D eigenvalue weighted by Gasteiger charge is -2.03. The number of aromatic nitrogens is 1. The fourth-order valence-corrected chi connectivity index (χ4v) is 2.75. The molecule has 0 unspecified atom stereocenters. The number of carbonyl (C=O) groups is 1. The summed E-state index contributed by atoms with van der Waals surface area (Å²) in [6.07, 6.45) is 9.40. The van der Waals surface area contributed by atoms with Crippen LogP contribution in [0.3, 0.4) is 0 Å². The summed E-state index contributed by atoms with van der Waals surface area (Å²) in [5, 5.41) is 1.14. The largest absolute Gasteiger partial charge is 0.361 e. The Bertz CT molecular complexity index is 586. The first kappa shape index (κ1) is 15.8. The van der Waals surface area contributed by atoms with Crippen molar-refractivity contribution in [2.45, 2.75) is 51.9 Å². The maximum atomic E-state index is 12.3. The molecular formula is C18H26N2O. The molecule has 0 aliphatic rings. The van der Waals surface area contributed by atoms with Crippen molar-refractivity contribution in [1.29, 1.82) is 0 Å². The second-order valence-corrected chi connectivity index (χ2v) is 5.70. The van der Waals surface area contributed by atoms with E-state index in [4.69, 9.17) is 5.73 Å². The first-order valence-electron chi connectivity index (χ1n) is 8.09. The molecule has 0 saturated heterocycles. The maximum Gasteiger partial charge on any atom is 0.162 e. The fraction of sp³-hybridized carbons (Fsp3) is 0.500. The van der Waals surface area contributed by atoms with Crippen LogP contribution in [0.25, 0.3) is 10.9 Å². The minimum atomic E-state index is 0.258. The van der Waals surface area contributed by atoms with Gasteiger partial charge in [0.25, 0.3) is 0 Å². The highest BCUT2D eigenvalue weighted by molar-refractivity contribution is 6.00. The number of aromatic amines is 1. The normalized spacial score (nSPS) is 11.1. The quantitative estimate of drug-likeness (QED) is 0.536. The van der Waals surface area contributed by atoms with Crippen LogP contribution in [0, 0.1) is 0 Å². The van der Waals surface area contributed by atoms with Crippen molar-refractivity contribution < 1.29 is 4.79 Å². The standard InChI is InChI=1S/C18H26N2O/c1-2-3-4-5-6-7-18(21)14-8-9-17-16(12-14)15(10-11-19)13-20-17/h8-9,12-13,20H,2-7,10-11,19H2,1H3. The van der Waals surface area contributed by atoms with Gasteiger partial charge in [0.2, 0.25) is 0 Å². The van der Waals surface area contributed by atoms with E-state index in [2.05, 4.69) is 11.9 Å². The molecule has 0 radical (unpaired) electrons. The molecule has 0 aliphatic heterocycles. The molecule has 1 heterocycles. The third-order valence-corrected chi connectivity index (χ3v) is 4.01. The topological polar surface area (TPSA) is 58.9 Å². The summed E-state index contributed by atoms with van der Waals surface area (Å²) in [5.74, 6) is 0.258. The summed E-state index contributed by atoms with van der Waals surface area (Å²) in [5.41, 5.74) is 8.74. The number of benzene rings is 1. The van der Waals surface area contributed by atoms with Gasteiger partial charge in [0.05, 0.1) is 0 Å². The zero-order chi connectivity index (χ0) is 15.1. The van der Waals surface area contributed by atoms with Crippen molar-refractivity contribution >= 4 is 16.7 Å². The second kappa shape index (κ2) is 7.99. The number of unbranched alkanes of at least 4 members (excludes halogenated alkanes) is 4. The number of fused-ring (bicyclic) bond motifs is 1. The first-order chi connectivity index (χ1) is 10.3. The summed E-state index contributed by atoms with van der Waals surface area (Å²) in [4.78, 5) is 15.5. The average molecular weight is 286 g/mol. The second-order valence-electron chi connectivity index (χ2n) is 5.70. The Balaban J connectivity index is 2.00. The van der Waals surface area contributed by atoms with Crippen LogP contribution in [-0.2, 0) is 6.42 Å². The molecule has 2 aromatic rings. The molecule has 21 heavy (non-hydrogen) atoms. The van der Waals surface area contributed by atoms with Gasteiger partial charge in [0.1, 0.15) is 0 Å². The number of nitrogens with one attached hydrogen (secondary N) is 1. The van der Waals surface area contributed by atoms with E-state index in [0.717, 1.165) is 35.7 Å². The van der Waals surface area contributed by atoms with Crippen molar-refractivity contribution in [1.82, 2.24) is 4.98 Å². The Morgan fingerprint density at radius 1 is 1.19 bits per heavy atom. The van der Waals surface area contributed by atoms with Gasteiger partial charge in [-0.2, -0.15) is 0 Å². The van der Waals surface area contributed by atoms with E-state index in [1.807, 2.05) is 24.4 Å². The number of H-pyrrole nitrogens is 1. The minimum absolute atomic E-state index is 0.258. The molecule has 0 bridgehead atoms. The van der Waals surface area contributed by atoms with Crippen molar-refractivity contribution in [3.05, 3.63) is 35.5 Å². The zero-order valence-electron chi connectivity index (χ0n) is 13.0. The van der Waals surface area contributed by atoms with Crippen LogP contribution < -0.4 is 5.73 Å². The maximum absolute atomic E-state index is 12.3. The van der Waals surface area contributed by atoms with Gasteiger partial charge in [-0.1, -0.05) is 32.6 Å². The van der Waals surface area contributed by atoms with Gasteiger partial charge in [-0.3, -0.25) is 4.79 Å². The number of hydrogen-bond donors (Lipinski definition) is 2. The summed E-state index contributed by atoms with van der Waals surface area (Å²) < 4.78 is 0. The number of carbonyl (C=O) groups excluding carboxylic acids is 1. The molecule has 0 atom stereocenters. The Kier molecular flexibility index (Phi) is 6.00. The molecule has 0 aliphatic carbocycles. The average Bonchev–Trinajstić information content (AvgIpc) is 2.90. The zero-order valence-corrected chi connectivity index (χ0v) is 13.0. The molecule has 0 amide bonds. The molecular weight excluding hydrogens is 260 g/mol. The van der Waals surface area contributed by atoms with E-state index in [0.29, 0.717) is 13.0 Å². The smallest absolute Gasteiger partial charge is 0.162 e. The van der Waals surface area contributed by atoms with Crippen LogP contribution in [-0.4, -0.2) is 17.3 Å². The van der Waals surface area contributed by atoms with Crippen LogP contribution >= 0.6 is 0 Å². The molecule has 3 heteroatoms. The monoisotopic (exact) mass is 286 g/mol. The number of nitrogens with two attached hydrogens (primary N) is 1. The van der Waals surface area contributed by atoms with Gasteiger partial charge in [0.15, 0.2) is 5.78 Å². The summed E-state index contributed by atoms with van der Waals surface area (Å²) in [6.45, 7) is 2.83. The number of Topliss-reactive ketones (excluding diaryl/α,β-unsaturated/α-hetero) is 1. The van der Waals surface area contributed by atoms with Crippen LogP contribution in [0.2, 0.25) is 0 Å². The van der Waals surface area contributed by atoms with E-state index >= 15 is 0 Å². The highest BCUT2D eigenvalue weighted by Crippen LogP contribution is 2.21. The molecule has 2 rings (SSSR count). The summed E-state index contributed by atoms with van der Waals surface area (Å²) in [6, 6.07) is 5.95. The summed E-state index contributed by atoms with van der Waals surface area (Å²) in [7, 11) is 0. The van der Waals surface area contributed by atoms with Crippen LogP contribution in [0.15, 0.2) is 24.4 Å². The third kappa shape index (κ3) is 4.18. The lowest BCUT2D eigenvalue weighted by Crippen LogP contribution is -2.02. The first-order valence-corrected chi connectivity index (χ1v) is 8.09. The number of ketones is 1. The van der Waals surface area contributed by atoms with Crippen molar-refractivity contribution in [3.63, 3.8) is 0 Å². The van der Waals surface area contributed by atoms with Crippen molar-refractivity contribution in [2.24, 2.45) is 5.73 Å². The Labute approximate surface area is 126 Å².